The molecule has 0 saturated heterocycles. The van der Waals surface area contributed by atoms with E-state index in [0.717, 1.165) is 23.3 Å². The fourth-order valence-electron chi connectivity index (χ4n) is 2.61. The molecule has 0 spiro atoms. The van der Waals surface area contributed by atoms with Gasteiger partial charge in [0.15, 0.2) is 17.4 Å². The zero-order valence-corrected chi connectivity index (χ0v) is 15.0. The lowest BCUT2D eigenvalue weighted by atomic mass is 9.96. The molecule has 1 saturated carbocycles. The quantitative estimate of drug-likeness (QED) is 0.620. The maximum atomic E-state index is 14.2. The Labute approximate surface area is 154 Å². The number of carboxylic acids is 1. The van der Waals surface area contributed by atoms with Gasteiger partial charge in [0.05, 0.1) is 19.3 Å². The molecule has 0 radical (unpaired) electrons. The van der Waals surface area contributed by atoms with Crippen molar-refractivity contribution in [2.24, 2.45) is 0 Å². The molecule has 0 amide bonds. The van der Waals surface area contributed by atoms with Gasteiger partial charge in [0.25, 0.3) is 0 Å². The Morgan fingerprint density at radius 3 is 2.54 bits per heavy atom. The zero-order chi connectivity index (χ0) is 18.5. The summed E-state index contributed by atoms with van der Waals surface area (Å²) in [5.74, 6) is -3.04. The van der Waals surface area contributed by atoms with Crippen LogP contribution in [0.2, 0.25) is 0 Å². The molecule has 1 aliphatic rings. The number of rotatable bonds is 9. The van der Waals surface area contributed by atoms with Crippen molar-refractivity contribution < 1.29 is 28.2 Å². The normalized spacial score (nSPS) is 14.2. The van der Waals surface area contributed by atoms with E-state index in [-0.39, 0.29) is 19.4 Å². The summed E-state index contributed by atoms with van der Waals surface area (Å²) in [6.07, 6.45) is 3.83. The van der Waals surface area contributed by atoms with Gasteiger partial charge in [-0.05, 0) is 60.4 Å². The molecule has 7 heteroatoms. The fourth-order valence-corrected chi connectivity index (χ4v) is 3.42. The molecule has 1 fully saturated rings. The molecule has 0 bridgehead atoms. The molecule has 1 N–H and O–H groups in total. The van der Waals surface area contributed by atoms with Crippen LogP contribution in [-0.4, -0.2) is 23.8 Å². The summed E-state index contributed by atoms with van der Waals surface area (Å²) in [5, 5.41) is 10.4. The molecule has 1 heterocycles. The Bertz CT molecular complexity index is 748. The summed E-state index contributed by atoms with van der Waals surface area (Å²) in [6, 6.07) is 4.34. The summed E-state index contributed by atoms with van der Waals surface area (Å²) in [7, 11) is 0. The van der Waals surface area contributed by atoms with Gasteiger partial charge in [-0.1, -0.05) is 0 Å². The molecule has 26 heavy (non-hydrogen) atoms. The number of aliphatic carboxylic acids is 1. The van der Waals surface area contributed by atoms with E-state index in [2.05, 4.69) is 0 Å². The Hall–Kier alpha value is -1.99. The molecule has 1 aromatic heterocycles. The first-order valence-corrected chi connectivity index (χ1v) is 9.44. The number of hydrogen-bond acceptors (Lipinski definition) is 4. The van der Waals surface area contributed by atoms with Crippen LogP contribution in [0.15, 0.2) is 23.6 Å². The van der Waals surface area contributed by atoms with Crippen molar-refractivity contribution in [1.82, 2.24) is 0 Å². The van der Waals surface area contributed by atoms with E-state index < -0.39 is 23.4 Å². The van der Waals surface area contributed by atoms with Crippen LogP contribution in [0.3, 0.4) is 0 Å². The van der Waals surface area contributed by atoms with Crippen LogP contribution in [-0.2, 0) is 16.1 Å². The minimum atomic E-state index is -0.973. The van der Waals surface area contributed by atoms with Gasteiger partial charge in [0.1, 0.15) is 0 Å². The number of carbonyl (C=O) groups is 1. The smallest absolute Gasteiger partial charge is 0.303 e. The molecule has 2 aromatic rings. The molecule has 0 unspecified atom stereocenters. The Kier molecular flexibility index (Phi) is 6.21. The molecular weight excluding hydrogens is 362 g/mol. The second-order valence-corrected chi connectivity index (χ2v) is 7.28. The van der Waals surface area contributed by atoms with E-state index in [1.54, 1.807) is 0 Å². The minimum Gasteiger partial charge on any atom is -0.488 e. The predicted octanol–water partition coefficient (Wildman–Crippen LogP) is 5.01. The van der Waals surface area contributed by atoms with Gasteiger partial charge in [-0.25, -0.2) is 8.78 Å². The zero-order valence-electron chi connectivity index (χ0n) is 14.2. The first-order chi connectivity index (χ1) is 12.5. The van der Waals surface area contributed by atoms with Gasteiger partial charge in [-0.15, -0.1) is 11.3 Å². The standard InChI is InChI=1S/C19H20F2O4S/c20-16-8-12(9-17(21)19(16)24-6-2-5-18(22)23)13-7-15(26-11-13)10-25-14-3-1-4-14/h7-9,11,14H,1-6,10H2,(H,22,23). The summed E-state index contributed by atoms with van der Waals surface area (Å²) in [6.45, 7) is 0.464. The summed E-state index contributed by atoms with van der Waals surface area (Å²) >= 11 is 1.50. The molecular formula is C19H20F2O4S. The Morgan fingerprint density at radius 2 is 1.92 bits per heavy atom. The first-order valence-electron chi connectivity index (χ1n) is 8.56. The third kappa shape index (κ3) is 4.80. The summed E-state index contributed by atoms with van der Waals surface area (Å²) in [4.78, 5) is 11.5. The third-order valence-corrected chi connectivity index (χ3v) is 5.19. The summed E-state index contributed by atoms with van der Waals surface area (Å²) in [5.41, 5.74) is 1.17. The van der Waals surface area contributed by atoms with Crippen molar-refractivity contribution in [1.29, 1.82) is 0 Å². The van der Waals surface area contributed by atoms with Crippen LogP contribution >= 0.6 is 11.3 Å². The monoisotopic (exact) mass is 382 g/mol. The third-order valence-electron chi connectivity index (χ3n) is 4.28. The highest BCUT2D eigenvalue weighted by molar-refractivity contribution is 7.10. The molecule has 3 rings (SSSR count). The number of halogens is 2. The van der Waals surface area contributed by atoms with Crippen LogP contribution in [0.5, 0.6) is 5.75 Å². The van der Waals surface area contributed by atoms with Gasteiger partial charge in [-0.3, -0.25) is 4.79 Å². The van der Waals surface area contributed by atoms with E-state index in [1.807, 2.05) is 11.4 Å². The lowest BCUT2D eigenvalue weighted by molar-refractivity contribution is -0.137. The Morgan fingerprint density at radius 1 is 1.19 bits per heavy atom. The van der Waals surface area contributed by atoms with Crippen molar-refractivity contribution in [3.05, 3.63) is 40.1 Å². The number of ether oxygens (including phenoxy) is 2. The van der Waals surface area contributed by atoms with Gasteiger partial charge >= 0.3 is 5.97 Å². The van der Waals surface area contributed by atoms with Crippen molar-refractivity contribution in [3.8, 4) is 16.9 Å². The van der Waals surface area contributed by atoms with E-state index in [0.29, 0.717) is 18.3 Å². The first kappa shape index (κ1) is 18.8. The predicted molar refractivity (Wildman–Crippen MR) is 94.5 cm³/mol. The van der Waals surface area contributed by atoms with E-state index in [1.165, 1.54) is 29.9 Å². The van der Waals surface area contributed by atoms with E-state index in [9.17, 15) is 13.6 Å². The molecule has 1 aliphatic carbocycles. The van der Waals surface area contributed by atoms with E-state index in [4.69, 9.17) is 14.6 Å². The number of benzene rings is 1. The van der Waals surface area contributed by atoms with Crippen molar-refractivity contribution in [2.75, 3.05) is 6.61 Å². The molecule has 0 atom stereocenters. The van der Waals surface area contributed by atoms with Crippen LogP contribution < -0.4 is 4.74 Å². The van der Waals surface area contributed by atoms with Crippen molar-refractivity contribution in [3.63, 3.8) is 0 Å². The van der Waals surface area contributed by atoms with Gasteiger partial charge < -0.3 is 14.6 Å². The van der Waals surface area contributed by atoms with Crippen LogP contribution in [0.1, 0.15) is 37.0 Å². The average molecular weight is 382 g/mol. The molecule has 4 nitrogen and oxygen atoms in total. The molecule has 0 aliphatic heterocycles. The topological polar surface area (TPSA) is 55.8 Å². The van der Waals surface area contributed by atoms with Crippen molar-refractivity contribution >= 4 is 17.3 Å². The van der Waals surface area contributed by atoms with Gasteiger partial charge in [0.2, 0.25) is 0 Å². The van der Waals surface area contributed by atoms with Gasteiger partial charge in [-0.2, -0.15) is 0 Å². The lowest BCUT2D eigenvalue weighted by Crippen LogP contribution is -2.20. The lowest BCUT2D eigenvalue weighted by Gasteiger charge is -2.25. The number of hydrogen-bond donors (Lipinski definition) is 1. The van der Waals surface area contributed by atoms with Crippen LogP contribution in [0.25, 0.3) is 11.1 Å². The molecule has 1 aromatic carbocycles. The van der Waals surface area contributed by atoms with Crippen LogP contribution in [0.4, 0.5) is 8.78 Å². The highest BCUT2D eigenvalue weighted by atomic mass is 32.1. The largest absolute Gasteiger partial charge is 0.488 e. The van der Waals surface area contributed by atoms with Crippen molar-refractivity contribution in [2.45, 2.75) is 44.8 Å². The average Bonchev–Trinajstić information content (AvgIpc) is 3.00. The second kappa shape index (κ2) is 8.60. The molecule has 140 valence electrons. The maximum Gasteiger partial charge on any atom is 0.303 e. The number of carboxylic acid groups (broad SMARTS) is 1. The summed E-state index contributed by atoms with van der Waals surface area (Å²) < 4.78 is 39.2. The van der Waals surface area contributed by atoms with Gasteiger partial charge in [0, 0.05) is 11.3 Å². The SMILES string of the molecule is O=C(O)CCCOc1c(F)cc(-c2csc(COC3CCC3)c2)cc1F. The maximum absolute atomic E-state index is 14.2. The highest BCUT2D eigenvalue weighted by Crippen LogP contribution is 2.32. The highest BCUT2D eigenvalue weighted by Gasteiger charge is 2.18. The van der Waals surface area contributed by atoms with E-state index >= 15 is 0 Å². The Balaban J connectivity index is 1.63. The fraction of sp³-hybridized carbons (Fsp3) is 0.421. The minimum absolute atomic E-state index is 0.0550. The van der Waals surface area contributed by atoms with Crippen LogP contribution in [0, 0.1) is 11.6 Å². The number of thiophene rings is 1. The second-order valence-electron chi connectivity index (χ2n) is 6.28.